The van der Waals surface area contributed by atoms with E-state index < -0.39 is 23.3 Å². The molecule has 0 amide bonds. The fraction of sp³-hybridized carbons (Fsp3) is 0.611. The van der Waals surface area contributed by atoms with Crippen molar-refractivity contribution in [3.05, 3.63) is 25.3 Å². The van der Waals surface area contributed by atoms with E-state index in [9.17, 15) is 19.5 Å². The van der Waals surface area contributed by atoms with E-state index in [4.69, 9.17) is 4.74 Å². The minimum absolute atomic E-state index is 0.00462. The summed E-state index contributed by atoms with van der Waals surface area (Å²) in [6.45, 7) is 8.92. The van der Waals surface area contributed by atoms with Crippen molar-refractivity contribution >= 4 is 29.5 Å². The number of ether oxygens (including phenoxy) is 2. The number of aliphatic hydroxyl groups is 1. The summed E-state index contributed by atoms with van der Waals surface area (Å²) < 4.78 is 9.74. The summed E-state index contributed by atoms with van der Waals surface area (Å²) in [4.78, 5) is 35.6. The van der Waals surface area contributed by atoms with Crippen LogP contribution in [0.25, 0.3) is 0 Å². The third-order valence-corrected chi connectivity index (χ3v) is 4.55. The SMILES string of the molecule is C=CCCCC(=O)CC(SC[C@@H](O)C(=O)OC)C(=O)O[C@H](C)CC=C. The Morgan fingerprint density at radius 1 is 1.20 bits per heavy atom. The Bertz CT molecular complexity index is 462. The van der Waals surface area contributed by atoms with E-state index in [-0.39, 0.29) is 24.1 Å². The summed E-state index contributed by atoms with van der Waals surface area (Å²) in [6.07, 6.45) is 3.91. The standard InChI is InChI=1S/C18H28O6S/c1-5-7-8-10-14(19)11-16(18(22)24-13(3)9-6-2)25-12-15(20)17(21)23-4/h5-6,13,15-16,20H,1-2,7-12H2,3-4H3/t13-,15-,16?/m1/s1. The van der Waals surface area contributed by atoms with Gasteiger partial charge in [-0.05, 0) is 19.8 Å². The van der Waals surface area contributed by atoms with Gasteiger partial charge in [-0.2, -0.15) is 0 Å². The summed E-state index contributed by atoms with van der Waals surface area (Å²) >= 11 is 1.02. The fourth-order valence-corrected chi connectivity index (χ4v) is 2.98. The lowest BCUT2D eigenvalue weighted by Crippen LogP contribution is -2.30. The van der Waals surface area contributed by atoms with E-state index in [0.29, 0.717) is 19.3 Å². The van der Waals surface area contributed by atoms with Gasteiger partial charge >= 0.3 is 11.9 Å². The van der Waals surface area contributed by atoms with E-state index in [2.05, 4.69) is 17.9 Å². The Labute approximate surface area is 153 Å². The Kier molecular flexibility index (Phi) is 12.8. The van der Waals surface area contributed by atoms with Crippen LogP contribution in [0.15, 0.2) is 25.3 Å². The van der Waals surface area contributed by atoms with Crippen LogP contribution in [0.5, 0.6) is 0 Å². The van der Waals surface area contributed by atoms with Crippen LogP contribution in [0.3, 0.4) is 0 Å². The Morgan fingerprint density at radius 2 is 1.88 bits per heavy atom. The molecule has 1 N–H and O–H groups in total. The third-order valence-electron chi connectivity index (χ3n) is 3.28. The van der Waals surface area contributed by atoms with Crippen molar-refractivity contribution in [2.75, 3.05) is 12.9 Å². The number of allylic oxidation sites excluding steroid dienone is 1. The summed E-state index contributed by atoms with van der Waals surface area (Å²) in [6, 6.07) is 0. The molecule has 0 bridgehead atoms. The van der Waals surface area contributed by atoms with Gasteiger partial charge in [-0.1, -0.05) is 12.2 Å². The lowest BCUT2D eigenvalue weighted by molar-refractivity contribution is -0.149. The lowest BCUT2D eigenvalue weighted by atomic mass is 10.1. The zero-order valence-corrected chi connectivity index (χ0v) is 15.8. The van der Waals surface area contributed by atoms with Gasteiger partial charge in [0.15, 0.2) is 6.10 Å². The second kappa shape index (κ2) is 13.7. The van der Waals surface area contributed by atoms with Crippen LogP contribution >= 0.6 is 11.8 Å². The van der Waals surface area contributed by atoms with Crippen LogP contribution in [-0.4, -0.2) is 53.1 Å². The molecule has 0 heterocycles. The fourth-order valence-electron chi connectivity index (χ4n) is 1.93. The Hall–Kier alpha value is -1.60. The maximum absolute atomic E-state index is 12.3. The van der Waals surface area contributed by atoms with Gasteiger partial charge in [-0.15, -0.1) is 24.9 Å². The van der Waals surface area contributed by atoms with Crippen LogP contribution in [-0.2, 0) is 23.9 Å². The predicted molar refractivity (Wildman–Crippen MR) is 98.3 cm³/mol. The van der Waals surface area contributed by atoms with Gasteiger partial charge < -0.3 is 14.6 Å². The molecule has 0 radical (unpaired) electrons. The first-order valence-corrected chi connectivity index (χ1v) is 9.22. The second-order valence-electron chi connectivity index (χ2n) is 5.56. The third kappa shape index (κ3) is 10.8. The summed E-state index contributed by atoms with van der Waals surface area (Å²) in [5.41, 5.74) is 0. The normalized spacial score (nSPS) is 14.0. The van der Waals surface area contributed by atoms with E-state index in [1.165, 1.54) is 7.11 Å². The number of carbonyl (C=O) groups is 3. The van der Waals surface area contributed by atoms with Crippen LogP contribution in [0.2, 0.25) is 0 Å². The highest BCUT2D eigenvalue weighted by Crippen LogP contribution is 2.21. The summed E-state index contributed by atoms with van der Waals surface area (Å²) in [5.74, 6) is -1.44. The molecule has 25 heavy (non-hydrogen) atoms. The number of thioether (sulfide) groups is 1. The first-order valence-electron chi connectivity index (χ1n) is 8.17. The van der Waals surface area contributed by atoms with Crippen LogP contribution in [0.1, 0.15) is 39.0 Å². The number of methoxy groups -OCH3 is 1. The largest absolute Gasteiger partial charge is 0.467 e. The molecule has 0 aliphatic carbocycles. The number of aliphatic hydroxyl groups excluding tert-OH is 1. The van der Waals surface area contributed by atoms with Crippen LogP contribution < -0.4 is 0 Å². The van der Waals surface area contributed by atoms with Gasteiger partial charge in [0.2, 0.25) is 0 Å². The Balaban J connectivity index is 4.75. The molecule has 142 valence electrons. The maximum Gasteiger partial charge on any atom is 0.335 e. The first-order chi connectivity index (χ1) is 11.8. The number of rotatable bonds is 14. The smallest absolute Gasteiger partial charge is 0.335 e. The monoisotopic (exact) mass is 372 g/mol. The number of unbranched alkanes of at least 4 members (excludes halogenated alkanes) is 1. The van der Waals surface area contributed by atoms with Gasteiger partial charge in [-0.25, -0.2) is 4.79 Å². The van der Waals surface area contributed by atoms with Crippen molar-refractivity contribution in [3.8, 4) is 0 Å². The predicted octanol–water partition coefficient (Wildman–Crippen LogP) is 2.45. The molecule has 1 unspecified atom stereocenters. The average molecular weight is 372 g/mol. The first kappa shape index (κ1) is 23.4. The Morgan fingerprint density at radius 3 is 2.44 bits per heavy atom. The minimum Gasteiger partial charge on any atom is -0.467 e. The molecule has 0 fully saturated rings. The van der Waals surface area contributed by atoms with Crippen molar-refractivity contribution in [3.63, 3.8) is 0 Å². The van der Waals surface area contributed by atoms with Gasteiger partial charge in [0.05, 0.1) is 7.11 Å². The molecule has 3 atom stereocenters. The molecule has 0 spiro atoms. The van der Waals surface area contributed by atoms with E-state index in [0.717, 1.165) is 18.2 Å². The molecule has 6 nitrogen and oxygen atoms in total. The van der Waals surface area contributed by atoms with Gasteiger partial charge in [0, 0.05) is 25.0 Å². The van der Waals surface area contributed by atoms with Gasteiger partial charge in [0.25, 0.3) is 0 Å². The summed E-state index contributed by atoms with van der Waals surface area (Å²) in [5, 5.41) is 8.89. The highest BCUT2D eigenvalue weighted by molar-refractivity contribution is 8.00. The minimum atomic E-state index is -1.35. The van der Waals surface area contributed by atoms with E-state index in [1.54, 1.807) is 19.1 Å². The molecule has 0 aliphatic rings. The van der Waals surface area contributed by atoms with Crippen LogP contribution in [0, 0.1) is 0 Å². The number of ketones is 1. The van der Waals surface area contributed by atoms with E-state index >= 15 is 0 Å². The number of Topliss-reactive ketones (excluding diaryl/α,β-unsaturated/α-hetero) is 1. The zero-order chi connectivity index (χ0) is 19.2. The maximum atomic E-state index is 12.3. The van der Waals surface area contributed by atoms with Crippen LogP contribution in [0.4, 0.5) is 0 Å². The van der Waals surface area contributed by atoms with Crippen molar-refractivity contribution < 1.29 is 29.0 Å². The molecule has 0 aliphatic heterocycles. The summed E-state index contributed by atoms with van der Waals surface area (Å²) in [7, 11) is 1.17. The second-order valence-corrected chi connectivity index (χ2v) is 6.79. The lowest BCUT2D eigenvalue weighted by Gasteiger charge is -2.19. The molecular weight excluding hydrogens is 344 g/mol. The van der Waals surface area contributed by atoms with Crippen molar-refractivity contribution in [2.45, 2.75) is 56.5 Å². The zero-order valence-electron chi connectivity index (χ0n) is 14.9. The number of hydrogen-bond acceptors (Lipinski definition) is 7. The molecule has 7 heteroatoms. The van der Waals surface area contributed by atoms with E-state index in [1.807, 2.05) is 0 Å². The molecule has 0 aromatic carbocycles. The molecule has 0 rings (SSSR count). The topological polar surface area (TPSA) is 89.9 Å². The molecule has 0 saturated heterocycles. The molecule has 0 aromatic rings. The molecular formula is C18H28O6S. The highest BCUT2D eigenvalue weighted by Gasteiger charge is 2.27. The average Bonchev–Trinajstić information content (AvgIpc) is 2.57. The van der Waals surface area contributed by atoms with Crippen molar-refractivity contribution in [2.24, 2.45) is 0 Å². The molecule has 0 aromatic heterocycles. The van der Waals surface area contributed by atoms with Crippen molar-refractivity contribution in [1.82, 2.24) is 0 Å². The number of carbonyl (C=O) groups excluding carboxylic acids is 3. The van der Waals surface area contributed by atoms with Crippen molar-refractivity contribution in [1.29, 1.82) is 0 Å². The highest BCUT2D eigenvalue weighted by atomic mass is 32.2. The molecule has 0 saturated carbocycles. The van der Waals surface area contributed by atoms with Gasteiger partial charge in [-0.3, -0.25) is 9.59 Å². The quantitative estimate of drug-likeness (QED) is 0.284. The number of hydrogen-bond donors (Lipinski definition) is 1. The van der Waals surface area contributed by atoms with Gasteiger partial charge in [0.1, 0.15) is 17.1 Å². The number of esters is 2.